The third kappa shape index (κ3) is 4.70. The quantitative estimate of drug-likeness (QED) is 0.851. The number of nitriles is 1. The summed E-state index contributed by atoms with van der Waals surface area (Å²) in [6, 6.07) is 10.0. The first-order chi connectivity index (χ1) is 11.7. The lowest BCUT2D eigenvalue weighted by atomic mass is 10.1. The van der Waals surface area contributed by atoms with Crippen LogP contribution >= 0.6 is 0 Å². The molecule has 5 nitrogen and oxygen atoms in total. The number of rotatable bonds is 4. The van der Waals surface area contributed by atoms with Gasteiger partial charge in [-0.1, -0.05) is 12.1 Å². The fourth-order valence-electron chi connectivity index (χ4n) is 2.14. The number of aromatic nitrogens is 1. The number of likely N-dealkylation sites (N-methyl/N-ethyl adjacent to an activating group) is 1. The summed E-state index contributed by atoms with van der Waals surface area (Å²) >= 11 is 0. The van der Waals surface area contributed by atoms with Crippen molar-refractivity contribution in [1.82, 2.24) is 9.47 Å². The minimum absolute atomic E-state index is 0.207. The molecule has 0 spiro atoms. The van der Waals surface area contributed by atoms with Crippen molar-refractivity contribution >= 4 is 5.91 Å². The molecule has 0 unspecified atom stereocenters. The number of alkyl halides is 3. The van der Waals surface area contributed by atoms with Gasteiger partial charge in [-0.05, 0) is 23.8 Å². The van der Waals surface area contributed by atoms with Crippen LogP contribution in [0.15, 0.2) is 47.4 Å². The Hall–Kier alpha value is -3.08. The first kappa shape index (κ1) is 18.3. The molecule has 25 heavy (non-hydrogen) atoms. The number of benzene rings is 1. The summed E-state index contributed by atoms with van der Waals surface area (Å²) in [5.41, 5.74) is -0.442. The average molecular weight is 349 g/mol. The van der Waals surface area contributed by atoms with Crippen LogP contribution in [0.25, 0.3) is 0 Å². The fourth-order valence-corrected chi connectivity index (χ4v) is 2.14. The predicted octanol–water partition coefficient (Wildman–Crippen LogP) is 2.40. The second-order valence-corrected chi connectivity index (χ2v) is 5.44. The highest BCUT2D eigenvalue weighted by Crippen LogP contribution is 2.28. The molecule has 1 heterocycles. The molecular weight excluding hydrogens is 335 g/mol. The van der Waals surface area contributed by atoms with Crippen LogP contribution in [-0.2, 0) is 24.1 Å². The second-order valence-electron chi connectivity index (χ2n) is 5.44. The van der Waals surface area contributed by atoms with Gasteiger partial charge in [0.15, 0.2) is 0 Å². The Morgan fingerprint density at radius 2 is 1.84 bits per heavy atom. The molecule has 0 radical (unpaired) electrons. The highest BCUT2D eigenvalue weighted by Gasteiger charge is 2.31. The summed E-state index contributed by atoms with van der Waals surface area (Å²) in [5.74, 6) is -0.509. The molecule has 0 atom stereocenters. The Kier molecular flexibility index (Phi) is 5.27. The van der Waals surface area contributed by atoms with E-state index in [0.29, 0.717) is 17.8 Å². The van der Waals surface area contributed by atoms with Gasteiger partial charge in [0.05, 0.1) is 17.2 Å². The Morgan fingerprint density at radius 3 is 2.40 bits per heavy atom. The summed E-state index contributed by atoms with van der Waals surface area (Å²) in [5, 5.41) is 8.74. The van der Waals surface area contributed by atoms with Crippen molar-refractivity contribution < 1.29 is 18.0 Å². The summed E-state index contributed by atoms with van der Waals surface area (Å²) in [4.78, 5) is 25.2. The molecule has 0 saturated heterocycles. The van der Waals surface area contributed by atoms with E-state index in [1.807, 2.05) is 6.07 Å². The van der Waals surface area contributed by atoms with E-state index in [2.05, 4.69) is 0 Å². The van der Waals surface area contributed by atoms with Crippen molar-refractivity contribution in [2.45, 2.75) is 19.3 Å². The Bertz CT molecular complexity index is 864. The molecule has 2 aromatic rings. The Morgan fingerprint density at radius 1 is 1.20 bits per heavy atom. The van der Waals surface area contributed by atoms with Crippen LogP contribution in [0.3, 0.4) is 0 Å². The number of amides is 1. The molecule has 130 valence electrons. The molecule has 0 fully saturated rings. The molecule has 0 aliphatic rings. The van der Waals surface area contributed by atoms with Crippen molar-refractivity contribution in [2.75, 3.05) is 7.05 Å². The Labute approximate surface area is 141 Å². The highest BCUT2D eigenvalue weighted by molar-refractivity contribution is 5.75. The van der Waals surface area contributed by atoms with Gasteiger partial charge in [0.25, 0.3) is 5.56 Å². The van der Waals surface area contributed by atoms with E-state index in [-0.39, 0.29) is 6.54 Å². The van der Waals surface area contributed by atoms with Gasteiger partial charge in [0.2, 0.25) is 5.91 Å². The molecule has 2 rings (SSSR count). The maximum absolute atomic E-state index is 12.7. The summed E-state index contributed by atoms with van der Waals surface area (Å²) in [6.45, 7) is -0.284. The molecule has 0 aliphatic carbocycles. The van der Waals surface area contributed by atoms with Gasteiger partial charge >= 0.3 is 6.18 Å². The van der Waals surface area contributed by atoms with E-state index < -0.39 is 29.8 Å². The zero-order valence-electron chi connectivity index (χ0n) is 13.2. The fraction of sp³-hybridized carbons (Fsp3) is 0.235. The van der Waals surface area contributed by atoms with Crippen LogP contribution in [0.1, 0.15) is 16.7 Å². The van der Waals surface area contributed by atoms with Crippen molar-refractivity contribution in [3.05, 3.63) is 69.6 Å². The van der Waals surface area contributed by atoms with E-state index in [9.17, 15) is 22.8 Å². The first-order valence-corrected chi connectivity index (χ1v) is 7.21. The summed E-state index contributed by atoms with van der Waals surface area (Å²) in [7, 11) is 1.49. The van der Waals surface area contributed by atoms with Crippen LogP contribution in [0, 0.1) is 11.3 Å². The first-order valence-electron chi connectivity index (χ1n) is 7.21. The molecule has 8 heteroatoms. The van der Waals surface area contributed by atoms with Gasteiger partial charge in [-0.25, -0.2) is 0 Å². The zero-order valence-corrected chi connectivity index (χ0v) is 13.2. The van der Waals surface area contributed by atoms with Crippen molar-refractivity contribution in [3.63, 3.8) is 0 Å². The topological polar surface area (TPSA) is 66.1 Å². The summed E-state index contributed by atoms with van der Waals surface area (Å²) < 4.78 is 38.9. The monoisotopic (exact) mass is 349 g/mol. The SMILES string of the molecule is CN(Cc1ccc(C#N)cc1)C(=O)Cn1cc(C(F)(F)F)ccc1=O. The van der Waals surface area contributed by atoms with Crippen LogP contribution < -0.4 is 5.56 Å². The molecule has 0 aliphatic heterocycles. The number of nitrogens with zero attached hydrogens (tertiary/aromatic N) is 3. The van der Waals surface area contributed by atoms with Gasteiger partial charge in [-0.15, -0.1) is 0 Å². The standard InChI is InChI=1S/C17H14F3N3O2/c1-22(9-13-4-2-12(8-21)3-5-13)16(25)11-23-10-14(17(18,19)20)6-7-15(23)24/h2-7,10H,9,11H2,1H3. The van der Waals surface area contributed by atoms with Crippen molar-refractivity contribution in [3.8, 4) is 6.07 Å². The normalized spacial score (nSPS) is 11.0. The van der Waals surface area contributed by atoms with Crippen LogP contribution in [0.5, 0.6) is 0 Å². The molecule has 0 bridgehead atoms. The minimum Gasteiger partial charge on any atom is -0.340 e. The third-order valence-corrected chi connectivity index (χ3v) is 3.54. The predicted molar refractivity (Wildman–Crippen MR) is 83.3 cm³/mol. The second kappa shape index (κ2) is 7.21. The number of halogens is 3. The van der Waals surface area contributed by atoms with E-state index in [0.717, 1.165) is 16.2 Å². The number of carbonyl (C=O) groups is 1. The largest absolute Gasteiger partial charge is 0.417 e. The lowest BCUT2D eigenvalue weighted by molar-refractivity contribution is -0.138. The molecule has 1 aromatic heterocycles. The minimum atomic E-state index is -4.59. The van der Waals surface area contributed by atoms with E-state index in [1.165, 1.54) is 11.9 Å². The van der Waals surface area contributed by atoms with Crippen LogP contribution in [0.4, 0.5) is 13.2 Å². The van der Waals surface area contributed by atoms with Gasteiger partial charge in [0.1, 0.15) is 6.54 Å². The van der Waals surface area contributed by atoms with Gasteiger partial charge in [0, 0.05) is 25.9 Å². The smallest absolute Gasteiger partial charge is 0.340 e. The van der Waals surface area contributed by atoms with Crippen molar-refractivity contribution in [2.24, 2.45) is 0 Å². The zero-order chi connectivity index (χ0) is 18.6. The van der Waals surface area contributed by atoms with Crippen LogP contribution in [-0.4, -0.2) is 22.4 Å². The van der Waals surface area contributed by atoms with Gasteiger partial charge in [-0.3, -0.25) is 9.59 Å². The Balaban J connectivity index is 2.10. The maximum Gasteiger partial charge on any atom is 0.417 e. The molecular formula is C17H14F3N3O2. The number of hydrogen-bond acceptors (Lipinski definition) is 3. The average Bonchev–Trinajstić information content (AvgIpc) is 2.56. The summed E-state index contributed by atoms with van der Waals surface area (Å²) in [6.07, 6.45) is -3.96. The van der Waals surface area contributed by atoms with Gasteiger partial charge in [-0.2, -0.15) is 18.4 Å². The highest BCUT2D eigenvalue weighted by atomic mass is 19.4. The third-order valence-electron chi connectivity index (χ3n) is 3.54. The molecule has 1 amide bonds. The van der Waals surface area contributed by atoms with E-state index >= 15 is 0 Å². The lowest BCUT2D eigenvalue weighted by Crippen LogP contribution is -2.33. The number of pyridine rings is 1. The maximum atomic E-state index is 12.7. The van der Waals surface area contributed by atoms with Crippen molar-refractivity contribution in [1.29, 1.82) is 5.26 Å². The molecule has 0 saturated carbocycles. The van der Waals surface area contributed by atoms with E-state index in [1.54, 1.807) is 24.3 Å². The number of hydrogen-bond donors (Lipinski definition) is 0. The molecule has 1 aromatic carbocycles. The van der Waals surface area contributed by atoms with Gasteiger partial charge < -0.3 is 9.47 Å². The lowest BCUT2D eigenvalue weighted by Gasteiger charge is -2.18. The van der Waals surface area contributed by atoms with Crippen LogP contribution in [0.2, 0.25) is 0 Å². The number of carbonyl (C=O) groups excluding carboxylic acids is 1. The molecule has 0 N–H and O–H groups in total. The van der Waals surface area contributed by atoms with E-state index in [4.69, 9.17) is 5.26 Å².